The minimum atomic E-state index is 0.0353. The van der Waals surface area contributed by atoms with E-state index in [0.717, 1.165) is 18.6 Å². The van der Waals surface area contributed by atoms with Crippen molar-refractivity contribution in [2.75, 3.05) is 6.26 Å². The lowest BCUT2D eigenvalue weighted by Crippen LogP contribution is -2.35. The van der Waals surface area contributed by atoms with Gasteiger partial charge in [0, 0.05) is 12.8 Å². The number of hydrogen-bond donors (Lipinski definition) is 1. The molecule has 0 unspecified atom stereocenters. The Balaban J connectivity index is 1.58. The van der Waals surface area contributed by atoms with Crippen LogP contribution in [-0.2, 0) is 23.4 Å². The summed E-state index contributed by atoms with van der Waals surface area (Å²) >= 11 is 1.65. The lowest BCUT2D eigenvalue weighted by atomic mass is 9.80. The Bertz CT molecular complexity index is 701. The smallest absolute Gasteiger partial charge is 0.227 e. The van der Waals surface area contributed by atoms with Crippen LogP contribution in [0.2, 0.25) is 0 Å². The summed E-state index contributed by atoms with van der Waals surface area (Å²) in [6, 6.07) is 8.49. The highest BCUT2D eigenvalue weighted by atomic mass is 32.2. The summed E-state index contributed by atoms with van der Waals surface area (Å²) in [7, 11) is 0. The van der Waals surface area contributed by atoms with Crippen molar-refractivity contribution in [3.63, 3.8) is 0 Å². The van der Waals surface area contributed by atoms with Gasteiger partial charge in [-0.1, -0.05) is 36.3 Å². The van der Waals surface area contributed by atoms with Crippen LogP contribution in [-0.4, -0.2) is 22.3 Å². The maximum atomic E-state index is 12.4. The Hall–Kier alpha value is -1.82. The summed E-state index contributed by atoms with van der Waals surface area (Å²) in [5.74, 6) is 2.43. The maximum Gasteiger partial charge on any atom is 0.227 e. The summed E-state index contributed by atoms with van der Waals surface area (Å²) in [5.41, 5.74) is 2.60. The summed E-state index contributed by atoms with van der Waals surface area (Å²) < 4.78 is 5.18. The van der Waals surface area contributed by atoms with Crippen LogP contribution in [0.3, 0.4) is 0 Å². The van der Waals surface area contributed by atoms with Crippen molar-refractivity contribution in [2.24, 2.45) is 5.92 Å². The first-order valence-electron chi connectivity index (χ1n) is 8.35. The van der Waals surface area contributed by atoms with Gasteiger partial charge in [0.2, 0.25) is 11.8 Å². The molecule has 2 atom stereocenters. The molecule has 1 amide bonds. The van der Waals surface area contributed by atoms with Gasteiger partial charge in [-0.3, -0.25) is 4.79 Å². The minimum absolute atomic E-state index is 0.0353. The molecule has 6 heteroatoms. The van der Waals surface area contributed by atoms with Crippen molar-refractivity contribution in [1.29, 1.82) is 0 Å². The molecule has 3 rings (SSSR count). The number of nitrogens with zero attached hydrogens (tertiary/aromatic N) is 2. The van der Waals surface area contributed by atoms with Gasteiger partial charge in [-0.15, -0.1) is 0 Å². The first-order valence-corrected chi connectivity index (χ1v) is 9.74. The first-order chi connectivity index (χ1) is 11.7. The molecule has 1 N–H and O–H groups in total. The monoisotopic (exact) mass is 345 g/mol. The van der Waals surface area contributed by atoms with Gasteiger partial charge >= 0.3 is 0 Å². The Labute approximate surface area is 146 Å². The normalized spacial score (nSPS) is 19.8. The van der Waals surface area contributed by atoms with E-state index in [1.807, 2.05) is 12.3 Å². The lowest BCUT2D eigenvalue weighted by Gasteiger charge is -2.32. The van der Waals surface area contributed by atoms with Crippen LogP contribution in [0, 0.1) is 5.92 Å². The maximum absolute atomic E-state index is 12.4. The molecule has 5 nitrogen and oxygen atoms in total. The lowest BCUT2D eigenvalue weighted by molar-refractivity contribution is -0.122. The van der Waals surface area contributed by atoms with Crippen LogP contribution < -0.4 is 5.32 Å². The van der Waals surface area contributed by atoms with Gasteiger partial charge in [-0.25, -0.2) is 0 Å². The van der Waals surface area contributed by atoms with E-state index in [1.165, 1.54) is 11.1 Å². The van der Waals surface area contributed by atoms with Crippen LogP contribution in [0.15, 0.2) is 28.8 Å². The molecule has 0 saturated carbocycles. The standard InChI is InChI=1S/C18H23N3O2S/c1-12-7-8-13-5-3-4-6-14(13)18(12)20-16(22)9-10-17-19-15(11-24-2)21-23-17/h3-6,12,18H,7-11H2,1-2H3,(H,20,22)/t12-,18+/m0/s1. The average Bonchev–Trinajstić information content (AvgIpc) is 3.04. The Morgan fingerprint density at radius 1 is 1.42 bits per heavy atom. The van der Waals surface area contributed by atoms with Gasteiger partial charge in [-0.05, 0) is 36.1 Å². The molecule has 0 saturated heterocycles. The van der Waals surface area contributed by atoms with Crippen molar-refractivity contribution in [1.82, 2.24) is 15.5 Å². The summed E-state index contributed by atoms with van der Waals surface area (Å²) in [5, 5.41) is 7.10. The number of aromatic nitrogens is 2. The number of carbonyl (C=O) groups excluding carboxylic acids is 1. The molecule has 0 aliphatic heterocycles. The van der Waals surface area contributed by atoms with E-state index < -0.39 is 0 Å². The van der Waals surface area contributed by atoms with E-state index in [4.69, 9.17) is 4.52 Å². The van der Waals surface area contributed by atoms with Crippen LogP contribution in [0.5, 0.6) is 0 Å². The predicted molar refractivity (Wildman–Crippen MR) is 94.6 cm³/mol. The third-order valence-corrected chi connectivity index (χ3v) is 5.04. The van der Waals surface area contributed by atoms with Gasteiger partial charge in [0.15, 0.2) is 5.82 Å². The molecule has 0 bridgehead atoms. The highest BCUT2D eigenvalue weighted by Crippen LogP contribution is 2.34. The second kappa shape index (κ2) is 7.83. The molecule has 128 valence electrons. The quantitative estimate of drug-likeness (QED) is 0.870. The molecule has 0 spiro atoms. The second-order valence-electron chi connectivity index (χ2n) is 6.30. The van der Waals surface area contributed by atoms with E-state index in [9.17, 15) is 4.79 Å². The molecule has 0 radical (unpaired) electrons. The van der Waals surface area contributed by atoms with Crippen LogP contribution in [0.25, 0.3) is 0 Å². The highest BCUT2D eigenvalue weighted by molar-refractivity contribution is 7.97. The third-order valence-electron chi connectivity index (χ3n) is 4.49. The molecule has 1 heterocycles. The van der Waals surface area contributed by atoms with Crippen molar-refractivity contribution in [2.45, 2.75) is 44.4 Å². The number of aryl methyl sites for hydroxylation is 2. The van der Waals surface area contributed by atoms with E-state index in [0.29, 0.717) is 30.5 Å². The molecule has 24 heavy (non-hydrogen) atoms. The van der Waals surface area contributed by atoms with Crippen molar-refractivity contribution >= 4 is 17.7 Å². The fraction of sp³-hybridized carbons (Fsp3) is 0.500. The first kappa shape index (κ1) is 17.0. The Morgan fingerprint density at radius 2 is 2.25 bits per heavy atom. The number of nitrogens with one attached hydrogen (secondary N) is 1. The van der Waals surface area contributed by atoms with Crippen LogP contribution in [0.1, 0.15) is 48.6 Å². The summed E-state index contributed by atoms with van der Waals surface area (Å²) in [4.78, 5) is 16.7. The zero-order chi connectivity index (χ0) is 16.9. The van der Waals surface area contributed by atoms with Crippen molar-refractivity contribution < 1.29 is 9.32 Å². The SMILES string of the molecule is CSCc1noc(CCC(=O)N[C@H]2c3ccccc3CC[C@@H]2C)n1. The largest absolute Gasteiger partial charge is 0.349 e. The van der Waals surface area contributed by atoms with Crippen LogP contribution in [0.4, 0.5) is 0 Å². The number of benzene rings is 1. The Kier molecular flexibility index (Phi) is 5.56. The molecule has 1 aliphatic rings. The van der Waals surface area contributed by atoms with Gasteiger partial charge < -0.3 is 9.84 Å². The average molecular weight is 345 g/mol. The topological polar surface area (TPSA) is 68.0 Å². The predicted octanol–water partition coefficient (Wildman–Crippen LogP) is 3.31. The number of thioether (sulfide) groups is 1. The van der Waals surface area contributed by atoms with E-state index >= 15 is 0 Å². The highest BCUT2D eigenvalue weighted by Gasteiger charge is 2.27. The fourth-order valence-corrected chi connectivity index (χ4v) is 3.56. The zero-order valence-electron chi connectivity index (χ0n) is 14.1. The van der Waals surface area contributed by atoms with Crippen LogP contribution >= 0.6 is 11.8 Å². The number of rotatable bonds is 6. The molecule has 0 fully saturated rings. The van der Waals surface area contributed by atoms with E-state index in [-0.39, 0.29) is 11.9 Å². The number of fused-ring (bicyclic) bond motifs is 1. The van der Waals surface area contributed by atoms with Crippen molar-refractivity contribution in [3.8, 4) is 0 Å². The van der Waals surface area contributed by atoms with Gasteiger partial charge in [-0.2, -0.15) is 16.7 Å². The molecule has 1 aromatic heterocycles. The second-order valence-corrected chi connectivity index (χ2v) is 7.16. The third kappa shape index (κ3) is 3.98. The molecular weight excluding hydrogens is 322 g/mol. The summed E-state index contributed by atoms with van der Waals surface area (Å²) in [6.45, 7) is 2.20. The van der Waals surface area contributed by atoms with E-state index in [1.54, 1.807) is 11.8 Å². The van der Waals surface area contributed by atoms with Gasteiger partial charge in [0.25, 0.3) is 0 Å². The molecule has 1 aromatic carbocycles. The van der Waals surface area contributed by atoms with Gasteiger partial charge in [0.1, 0.15) is 0 Å². The molecule has 2 aromatic rings. The number of amides is 1. The van der Waals surface area contributed by atoms with E-state index in [2.05, 4.69) is 40.6 Å². The van der Waals surface area contributed by atoms with Gasteiger partial charge in [0.05, 0.1) is 11.8 Å². The fourth-order valence-electron chi connectivity index (χ4n) is 3.19. The number of hydrogen-bond acceptors (Lipinski definition) is 5. The minimum Gasteiger partial charge on any atom is -0.349 e. The summed E-state index contributed by atoms with van der Waals surface area (Å²) in [6.07, 6.45) is 5.03. The molecular formula is C18H23N3O2S. The Morgan fingerprint density at radius 3 is 3.08 bits per heavy atom. The van der Waals surface area contributed by atoms with Crippen molar-refractivity contribution in [3.05, 3.63) is 47.1 Å². The molecule has 1 aliphatic carbocycles. The zero-order valence-corrected chi connectivity index (χ0v) is 14.9. The number of carbonyl (C=O) groups is 1.